The van der Waals surface area contributed by atoms with E-state index >= 15 is 0 Å². The Morgan fingerprint density at radius 3 is 2.94 bits per heavy atom. The van der Waals surface area contributed by atoms with Gasteiger partial charge in [-0.3, -0.25) is 0 Å². The van der Waals surface area contributed by atoms with Crippen LogP contribution in [0.1, 0.15) is 28.0 Å². The van der Waals surface area contributed by atoms with Crippen LogP contribution in [0.15, 0.2) is 6.07 Å². The van der Waals surface area contributed by atoms with Crippen molar-refractivity contribution in [2.75, 3.05) is 13.2 Å². The Bertz CT molecular complexity index is 438. The summed E-state index contributed by atoms with van der Waals surface area (Å²) in [4.78, 5) is 15.3. The van der Waals surface area contributed by atoms with Gasteiger partial charge in [-0.2, -0.15) is 0 Å². The van der Waals surface area contributed by atoms with E-state index < -0.39 is 5.97 Å². The van der Waals surface area contributed by atoms with E-state index in [4.69, 9.17) is 14.6 Å². The highest BCUT2D eigenvalue weighted by atomic mass is 16.5. The summed E-state index contributed by atoms with van der Waals surface area (Å²) in [6, 6.07) is 1.74. The van der Waals surface area contributed by atoms with Crippen LogP contribution in [0.4, 0.5) is 0 Å². The zero-order valence-electron chi connectivity index (χ0n) is 9.90. The molecule has 2 rings (SSSR count). The zero-order chi connectivity index (χ0) is 12.4. The molecular weight excluding hydrogens is 222 g/mol. The number of rotatable bonds is 3. The summed E-state index contributed by atoms with van der Waals surface area (Å²) in [5.74, 6) is -0.811. The van der Waals surface area contributed by atoms with Crippen LogP contribution in [-0.2, 0) is 4.74 Å². The van der Waals surface area contributed by atoms with E-state index in [2.05, 4.69) is 4.98 Å². The third-order valence-electron chi connectivity index (χ3n) is 2.69. The Kier molecular flexibility index (Phi) is 3.28. The summed E-state index contributed by atoms with van der Waals surface area (Å²) in [7, 11) is 0. The first-order valence-corrected chi connectivity index (χ1v) is 5.54. The predicted molar refractivity (Wildman–Crippen MR) is 60.5 cm³/mol. The number of nitrogens with zero attached hydrogens (tertiary/aromatic N) is 1. The van der Waals surface area contributed by atoms with Gasteiger partial charge >= 0.3 is 5.97 Å². The third-order valence-corrected chi connectivity index (χ3v) is 2.69. The standard InChI is InChI=1S/C12H15NO4/c1-7-5-8(2)13-11(10(7)12(14)15)17-9-3-4-16-6-9/h5,9H,3-4,6H2,1-2H3,(H,14,15). The molecule has 1 aromatic heterocycles. The third kappa shape index (κ3) is 2.55. The van der Waals surface area contributed by atoms with Crippen molar-refractivity contribution in [1.29, 1.82) is 0 Å². The smallest absolute Gasteiger partial charge is 0.341 e. The predicted octanol–water partition coefficient (Wildman–Crippen LogP) is 1.56. The summed E-state index contributed by atoms with van der Waals surface area (Å²) in [5, 5.41) is 9.16. The Morgan fingerprint density at radius 1 is 1.59 bits per heavy atom. The minimum absolute atomic E-state index is 0.0956. The molecule has 1 N–H and O–H groups in total. The van der Waals surface area contributed by atoms with Gasteiger partial charge in [0, 0.05) is 12.1 Å². The van der Waals surface area contributed by atoms with Crippen LogP contribution in [0, 0.1) is 13.8 Å². The normalized spacial score (nSPS) is 19.3. The number of carbonyl (C=O) groups is 1. The number of ether oxygens (including phenoxy) is 2. The average molecular weight is 237 g/mol. The molecule has 0 spiro atoms. The number of hydrogen-bond acceptors (Lipinski definition) is 4. The molecule has 1 atom stereocenters. The summed E-state index contributed by atoms with van der Waals surface area (Å²) in [6.45, 7) is 4.71. The molecule has 1 unspecified atom stereocenters. The molecule has 0 saturated carbocycles. The first kappa shape index (κ1) is 11.9. The van der Waals surface area contributed by atoms with Crippen molar-refractivity contribution in [3.8, 4) is 5.88 Å². The second-order valence-electron chi connectivity index (χ2n) is 4.17. The summed E-state index contributed by atoms with van der Waals surface area (Å²) in [5.41, 5.74) is 1.56. The Morgan fingerprint density at radius 2 is 2.35 bits per heavy atom. The number of carboxylic acid groups (broad SMARTS) is 1. The van der Waals surface area contributed by atoms with Gasteiger partial charge in [0.25, 0.3) is 0 Å². The Labute approximate surface area is 99.4 Å². The molecule has 1 aromatic rings. The van der Waals surface area contributed by atoms with Gasteiger partial charge in [0.2, 0.25) is 5.88 Å². The second-order valence-corrected chi connectivity index (χ2v) is 4.17. The molecule has 0 amide bonds. The van der Waals surface area contributed by atoms with E-state index in [0.29, 0.717) is 18.8 Å². The molecule has 1 aliphatic rings. The number of aromatic nitrogens is 1. The van der Waals surface area contributed by atoms with E-state index in [1.807, 2.05) is 6.92 Å². The molecule has 0 aliphatic carbocycles. The maximum atomic E-state index is 11.2. The first-order chi connectivity index (χ1) is 8.08. The zero-order valence-corrected chi connectivity index (χ0v) is 9.90. The van der Waals surface area contributed by atoms with Gasteiger partial charge in [0.1, 0.15) is 11.7 Å². The van der Waals surface area contributed by atoms with E-state index in [-0.39, 0.29) is 17.5 Å². The fourth-order valence-electron chi connectivity index (χ4n) is 1.91. The minimum Gasteiger partial charge on any atom is -0.477 e. The molecular formula is C12H15NO4. The molecule has 0 bridgehead atoms. The lowest BCUT2D eigenvalue weighted by Gasteiger charge is -2.14. The molecule has 17 heavy (non-hydrogen) atoms. The van der Waals surface area contributed by atoms with Gasteiger partial charge in [-0.1, -0.05) is 0 Å². The van der Waals surface area contributed by atoms with Crippen molar-refractivity contribution in [3.05, 3.63) is 22.9 Å². The molecule has 5 heteroatoms. The monoisotopic (exact) mass is 237 g/mol. The van der Waals surface area contributed by atoms with Gasteiger partial charge in [0.15, 0.2) is 0 Å². The fraction of sp³-hybridized carbons (Fsp3) is 0.500. The molecule has 1 aliphatic heterocycles. The lowest BCUT2D eigenvalue weighted by Crippen LogP contribution is -2.19. The van der Waals surface area contributed by atoms with Crippen LogP contribution < -0.4 is 4.74 Å². The summed E-state index contributed by atoms with van der Waals surface area (Å²) in [6.07, 6.45) is 0.676. The average Bonchev–Trinajstić information content (AvgIpc) is 2.68. The van der Waals surface area contributed by atoms with E-state index in [0.717, 1.165) is 12.1 Å². The van der Waals surface area contributed by atoms with Crippen molar-refractivity contribution in [2.24, 2.45) is 0 Å². The Balaban J connectivity index is 2.32. The van der Waals surface area contributed by atoms with Crippen LogP contribution in [-0.4, -0.2) is 35.4 Å². The SMILES string of the molecule is Cc1cc(C)c(C(=O)O)c(OC2CCOC2)n1. The molecule has 0 radical (unpaired) electrons. The molecule has 1 fully saturated rings. The molecule has 92 valence electrons. The van der Waals surface area contributed by atoms with Crippen molar-refractivity contribution in [1.82, 2.24) is 4.98 Å². The van der Waals surface area contributed by atoms with Gasteiger partial charge < -0.3 is 14.6 Å². The van der Waals surface area contributed by atoms with Crippen LogP contribution in [0.25, 0.3) is 0 Å². The van der Waals surface area contributed by atoms with Crippen molar-refractivity contribution >= 4 is 5.97 Å². The quantitative estimate of drug-likeness (QED) is 0.864. The van der Waals surface area contributed by atoms with Gasteiger partial charge in [-0.05, 0) is 25.5 Å². The molecule has 2 heterocycles. The number of hydrogen-bond donors (Lipinski definition) is 1. The van der Waals surface area contributed by atoms with Gasteiger partial charge in [0.05, 0.1) is 13.2 Å². The topological polar surface area (TPSA) is 68.7 Å². The minimum atomic E-state index is -1.01. The van der Waals surface area contributed by atoms with Crippen LogP contribution >= 0.6 is 0 Å². The summed E-state index contributed by atoms with van der Waals surface area (Å²) < 4.78 is 10.8. The first-order valence-electron chi connectivity index (χ1n) is 5.54. The maximum absolute atomic E-state index is 11.2. The number of aromatic carboxylic acids is 1. The highest BCUT2D eigenvalue weighted by Crippen LogP contribution is 2.23. The van der Waals surface area contributed by atoms with Crippen molar-refractivity contribution in [2.45, 2.75) is 26.4 Å². The molecule has 1 saturated heterocycles. The van der Waals surface area contributed by atoms with Crippen LogP contribution in [0.3, 0.4) is 0 Å². The van der Waals surface area contributed by atoms with E-state index in [1.54, 1.807) is 13.0 Å². The van der Waals surface area contributed by atoms with E-state index in [1.165, 1.54) is 0 Å². The second kappa shape index (κ2) is 4.71. The Hall–Kier alpha value is -1.62. The number of aryl methyl sites for hydroxylation is 2. The highest BCUT2D eigenvalue weighted by Gasteiger charge is 2.23. The maximum Gasteiger partial charge on any atom is 0.341 e. The van der Waals surface area contributed by atoms with E-state index in [9.17, 15) is 4.79 Å². The van der Waals surface area contributed by atoms with Crippen molar-refractivity contribution in [3.63, 3.8) is 0 Å². The number of pyridine rings is 1. The highest BCUT2D eigenvalue weighted by molar-refractivity contribution is 5.91. The van der Waals surface area contributed by atoms with Crippen LogP contribution in [0.2, 0.25) is 0 Å². The molecule has 5 nitrogen and oxygen atoms in total. The molecule has 0 aromatic carbocycles. The van der Waals surface area contributed by atoms with Gasteiger partial charge in [-0.15, -0.1) is 0 Å². The lowest BCUT2D eigenvalue weighted by atomic mass is 10.1. The number of carboxylic acids is 1. The van der Waals surface area contributed by atoms with Crippen molar-refractivity contribution < 1.29 is 19.4 Å². The fourth-order valence-corrected chi connectivity index (χ4v) is 1.91. The lowest BCUT2D eigenvalue weighted by molar-refractivity contribution is 0.0684. The largest absolute Gasteiger partial charge is 0.477 e. The summed E-state index contributed by atoms with van der Waals surface area (Å²) >= 11 is 0. The van der Waals surface area contributed by atoms with Crippen LogP contribution in [0.5, 0.6) is 5.88 Å². The van der Waals surface area contributed by atoms with Gasteiger partial charge in [-0.25, -0.2) is 9.78 Å².